The molecule has 0 saturated heterocycles. The molecular weight excluding hydrogens is 254 g/mol. The van der Waals surface area contributed by atoms with Gasteiger partial charge in [-0.15, -0.1) is 0 Å². The number of aliphatic hydroxyl groups excluding tert-OH is 1. The van der Waals surface area contributed by atoms with Crippen molar-refractivity contribution < 1.29 is 14.6 Å². The maximum atomic E-state index is 9.64. The molecule has 2 aliphatic rings. The van der Waals surface area contributed by atoms with Gasteiger partial charge in [-0.2, -0.15) is 0 Å². The molecular formula is C16H23NO3. The molecule has 1 unspecified atom stereocenters. The Morgan fingerprint density at radius 1 is 1.30 bits per heavy atom. The van der Waals surface area contributed by atoms with Crippen LogP contribution in [-0.4, -0.2) is 30.5 Å². The summed E-state index contributed by atoms with van der Waals surface area (Å²) in [5.41, 5.74) is 0.915. The number of rotatable bonds is 5. The highest BCUT2D eigenvalue weighted by molar-refractivity contribution is 5.47. The molecule has 0 radical (unpaired) electrons. The third kappa shape index (κ3) is 2.76. The molecule has 4 nitrogen and oxygen atoms in total. The summed E-state index contributed by atoms with van der Waals surface area (Å²) in [7, 11) is 0. The molecule has 20 heavy (non-hydrogen) atoms. The Bertz CT molecular complexity index is 473. The summed E-state index contributed by atoms with van der Waals surface area (Å²) < 4.78 is 11.5. The average molecular weight is 277 g/mol. The number of benzene rings is 1. The lowest BCUT2D eigenvalue weighted by atomic mass is 9.96. The molecule has 1 atom stereocenters. The minimum atomic E-state index is -0.186. The van der Waals surface area contributed by atoms with E-state index in [9.17, 15) is 5.11 Å². The van der Waals surface area contributed by atoms with Gasteiger partial charge >= 0.3 is 0 Å². The van der Waals surface area contributed by atoms with Crippen LogP contribution in [0.15, 0.2) is 18.2 Å². The summed E-state index contributed by atoms with van der Waals surface area (Å²) in [5.74, 6) is 2.28. The number of hydrogen-bond donors (Lipinski definition) is 2. The highest BCUT2D eigenvalue weighted by atomic mass is 16.5. The van der Waals surface area contributed by atoms with Gasteiger partial charge < -0.3 is 19.9 Å². The minimum Gasteiger partial charge on any atom is -0.490 e. The van der Waals surface area contributed by atoms with Gasteiger partial charge in [0.15, 0.2) is 11.5 Å². The van der Waals surface area contributed by atoms with Crippen molar-refractivity contribution in [1.82, 2.24) is 5.32 Å². The third-order valence-corrected chi connectivity index (χ3v) is 4.34. The molecule has 0 bridgehead atoms. The molecule has 0 amide bonds. The van der Waals surface area contributed by atoms with Gasteiger partial charge in [0.05, 0.1) is 19.8 Å². The summed E-state index contributed by atoms with van der Waals surface area (Å²) in [4.78, 5) is 0. The van der Waals surface area contributed by atoms with Crippen LogP contribution in [0.1, 0.15) is 31.7 Å². The van der Waals surface area contributed by atoms with E-state index in [2.05, 4.69) is 18.3 Å². The van der Waals surface area contributed by atoms with E-state index in [1.165, 1.54) is 12.8 Å². The Labute approximate surface area is 120 Å². The second-order valence-corrected chi connectivity index (χ2v) is 6.00. The summed E-state index contributed by atoms with van der Waals surface area (Å²) in [5, 5.41) is 13.1. The van der Waals surface area contributed by atoms with Crippen molar-refractivity contribution in [1.29, 1.82) is 0 Å². The monoisotopic (exact) mass is 277 g/mol. The van der Waals surface area contributed by atoms with Crippen LogP contribution in [-0.2, 0) is 6.54 Å². The van der Waals surface area contributed by atoms with Crippen LogP contribution in [0.5, 0.6) is 11.5 Å². The van der Waals surface area contributed by atoms with Gasteiger partial charge in [0.2, 0.25) is 0 Å². The molecule has 1 aliphatic carbocycles. The fraction of sp³-hybridized carbons (Fsp3) is 0.625. The van der Waals surface area contributed by atoms with Crippen LogP contribution in [0, 0.1) is 5.92 Å². The maximum Gasteiger partial charge on any atom is 0.165 e. The number of fused-ring (bicyclic) bond motifs is 1. The molecule has 2 N–H and O–H groups in total. The minimum absolute atomic E-state index is 0.171. The molecule has 1 aromatic rings. The number of ether oxygens (including phenoxy) is 2. The largest absolute Gasteiger partial charge is 0.490 e. The average Bonchev–Trinajstić information content (AvgIpc) is 3.30. The molecule has 0 spiro atoms. The zero-order valence-corrected chi connectivity index (χ0v) is 12.0. The van der Waals surface area contributed by atoms with Gasteiger partial charge in [-0.1, -0.05) is 12.1 Å². The fourth-order valence-corrected chi connectivity index (χ4v) is 2.74. The van der Waals surface area contributed by atoms with Gasteiger partial charge in [0.1, 0.15) is 0 Å². The van der Waals surface area contributed by atoms with Crippen molar-refractivity contribution in [3.8, 4) is 11.5 Å². The third-order valence-electron chi connectivity index (χ3n) is 4.34. The van der Waals surface area contributed by atoms with Crippen molar-refractivity contribution in [3.05, 3.63) is 23.8 Å². The van der Waals surface area contributed by atoms with E-state index in [1.807, 2.05) is 12.1 Å². The number of nitrogens with one attached hydrogen (secondary N) is 1. The van der Waals surface area contributed by atoms with E-state index in [0.717, 1.165) is 23.5 Å². The summed E-state index contributed by atoms with van der Waals surface area (Å²) >= 11 is 0. The molecule has 110 valence electrons. The Morgan fingerprint density at radius 2 is 2.10 bits per heavy atom. The molecule has 0 aromatic heterocycles. The van der Waals surface area contributed by atoms with Gasteiger partial charge in [0, 0.05) is 24.1 Å². The normalized spacial score (nSPS) is 21.1. The van der Waals surface area contributed by atoms with Crippen molar-refractivity contribution in [2.45, 2.75) is 38.3 Å². The second-order valence-electron chi connectivity index (χ2n) is 6.00. The first kappa shape index (κ1) is 13.7. The second kappa shape index (κ2) is 5.62. The van der Waals surface area contributed by atoms with E-state index in [1.54, 1.807) is 0 Å². The zero-order chi connectivity index (χ0) is 14.0. The zero-order valence-electron chi connectivity index (χ0n) is 12.0. The molecule has 1 heterocycles. The summed E-state index contributed by atoms with van der Waals surface area (Å²) in [6.07, 6.45) is 3.32. The Balaban J connectivity index is 1.74. The lowest BCUT2D eigenvalue weighted by Crippen LogP contribution is -2.47. The smallest absolute Gasteiger partial charge is 0.165 e. The van der Waals surface area contributed by atoms with E-state index in [4.69, 9.17) is 9.47 Å². The predicted molar refractivity (Wildman–Crippen MR) is 77.1 cm³/mol. The molecule has 3 rings (SSSR count). The van der Waals surface area contributed by atoms with Crippen molar-refractivity contribution in [3.63, 3.8) is 0 Å². The quantitative estimate of drug-likeness (QED) is 0.865. The first-order chi connectivity index (χ1) is 9.73. The lowest BCUT2D eigenvalue weighted by molar-refractivity contribution is 0.153. The van der Waals surface area contributed by atoms with Crippen molar-refractivity contribution in [2.75, 3.05) is 19.8 Å². The van der Waals surface area contributed by atoms with Crippen LogP contribution in [0.25, 0.3) is 0 Å². The molecule has 1 aromatic carbocycles. The summed E-state index contributed by atoms with van der Waals surface area (Å²) in [6, 6.07) is 6.01. The molecule has 1 fully saturated rings. The summed E-state index contributed by atoms with van der Waals surface area (Å²) in [6.45, 7) is 4.37. The van der Waals surface area contributed by atoms with Crippen LogP contribution >= 0.6 is 0 Å². The van der Waals surface area contributed by atoms with Crippen molar-refractivity contribution in [2.24, 2.45) is 5.92 Å². The van der Waals surface area contributed by atoms with E-state index >= 15 is 0 Å². The highest BCUT2D eigenvalue weighted by Crippen LogP contribution is 2.40. The fourth-order valence-electron chi connectivity index (χ4n) is 2.74. The Kier molecular flexibility index (Phi) is 3.85. The Hall–Kier alpha value is -1.26. The SMILES string of the molecule is CC(CO)(NCc1cccc2c1OCCCO2)C1CC1. The van der Waals surface area contributed by atoms with Crippen LogP contribution in [0.2, 0.25) is 0 Å². The van der Waals surface area contributed by atoms with E-state index in [-0.39, 0.29) is 12.1 Å². The lowest BCUT2D eigenvalue weighted by Gasteiger charge is -2.29. The maximum absolute atomic E-state index is 9.64. The topological polar surface area (TPSA) is 50.7 Å². The number of para-hydroxylation sites is 1. The highest BCUT2D eigenvalue weighted by Gasteiger charge is 2.40. The van der Waals surface area contributed by atoms with Gasteiger partial charge in [-0.3, -0.25) is 0 Å². The first-order valence-electron chi connectivity index (χ1n) is 7.46. The van der Waals surface area contributed by atoms with Gasteiger partial charge in [-0.25, -0.2) is 0 Å². The number of aliphatic hydroxyl groups is 1. The van der Waals surface area contributed by atoms with Gasteiger partial charge in [0.25, 0.3) is 0 Å². The van der Waals surface area contributed by atoms with Crippen molar-refractivity contribution >= 4 is 0 Å². The van der Waals surface area contributed by atoms with E-state index < -0.39 is 0 Å². The molecule has 1 saturated carbocycles. The number of hydrogen-bond acceptors (Lipinski definition) is 4. The molecule has 1 aliphatic heterocycles. The first-order valence-corrected chi connectivity index (χ1v) is 7.46. The van der Waals surface area contributed by atoms with Crippen LogP contribution < -0.4 is 14.8 Å². The standard InChI is InChI=1S/C16H23NO3/c1-16(11-18,13-6-7-13)17-10-12-4-2-5-14-15(12)20-9-3-8-19-14/h2,4-5,13,17-18H,3,6-11H2,1H3. The molecule has 4 heteroatoms. The Morgan fingerprint density at radius 3 is 2.85 bits per heavy atom. The van der Waals surface area contributed by atoms with Crippen LogP contribution in [0.3, 0.4) is 0 Å². The predicted octanol–water partition coefficient (Wildman–Crippen LogP) is 2.10. The van der Waals surface area contributed by atoms with Gasteiger partial charge in [-0.05, 0) is 31.7 Å². The van der Waals surface area contributed by atoms with E-state index in [0.29, 0.717) is 25.7 Å². The van der Waals surface area contributed by atoms with Crippen LogP contribution in [0.4, 0.5) is 0 Å².